The molecule has 0 aliphatic carbocycles. The highest BCUT2D eigenvalue weighted by atomic mass is 16.6. The molecule has 0 spiro atoms. The average Bonchev–Trinajstić information content (AvgIpc) is 3.45. The first-order chi connectivity index (χ1) is 39.0. The van der Waals surface area contributed by atoms with Crippen molar-refractivity contribution in [2.75, 3.05) is 13.2 Å². The van der Waals surface area contributed by atoms with Crippen molar-refractivity contribution in [1.29, 1.82) is 0 Å². The number of allylic oxidation sites excluding steroid dienone is 8. The van der Waals surface area contributed by atoms with Gasteiger partial charge in [0, 0.05) is 19.3 Å². The zero-order valence-electron chi connectivity index (χ0n) is 53.2. The molecule has 0 amide bonds. The molecule has 6 heteroatoms. The first kappa shape index (κ1) is 76.4. The molecular formula is C73H134O6. The number of rotatable bonds is 65. The fourth-order valence-corrected chi connectivity index (χ4v) is 10.5. The lowest BCUT2D eigenvalue weighted by atomic mass is 10.0. The molecule has 0 heterocycles. The largest absolute Gasteiger partial charge is 0.462 e. The smallest absolute Gasteiger partial charge is 0.306 e. The Hall–Kier alpha value is -2.63. The van der Waals surface area contributed by atoms with Crippen molar-refractivity contribution in [3.63, 3.8) is 0 Å². The zero-order valence-corrected chi connectivity index (χ0v) is 53.2. The van der Waals surface area contributed by atoms with Crippen molar-refractivity contribution in [3.8, 4) is 0 Å². The van der Waals surface area contributed by atoms with Crippen LogP contribution in [0.1, 0.15) is 380 Å². The normalized spacial score (nSPS) is 12.3. The summed E-state index contributed by atoms with van der Waals surface area (Å²) in [6.45, 7) is 6.63. The number of esters is 3. The molecule has 0 aromatic carbocycles. The van der Waals surface area contributed by atoms with E-state index in [0.717, 1.165) is 83.5 Å². The molecule has 0 rings (SSSR count). The maximum Gasteiger partial charge on any atom is 0.306 e. The summed E-state index contributed by atoms with van der Waals surface area (Å²) in [6, 6.07) is 0. The maximum absolute atomic E-state index is 12.9. The second-order valence-electron chi connectivity index (χ2n) is 23.8. The monoisotopic (exact) mass is 1110 g/mol. The van der Waals surface area contributed by atoms with Crippen molar-refractivity contribution >= 4 is 17.9 Å². The topological polar surface area (TPSA) is 78.9 Å². The molecule has 0 radical (unpaired) electrons. The quantitative estimate of drug-likeness (QED) is 0.0261. The van der Waals surface area contributed by atoms with Crippen LogP contribution < -0.4 is 0 Å². The van der Waals surface area contributed by atoms with Crippen molar-refractivity contribution in [1.82, 2.24) is 0 Å². The number of ether oxygens (including phenoxy) is 3. The third kappa shape index (κ3) is 66.1. The number of hydrogen-bond acceptors (Lipinski definition) is 6. The lowest BCUT2D eigenvalue weighted by Crippen LogP contribution is -2.30. The third-order valence-electron chi connectivity index (χ3n) is 15.8. The highest BCUT2D eigenvalue weighted by Gasteiger charge is 2.19. The van der Waals surface area contributed by atoms with E-state index in [1.165, 1.54) is 257 Å². The molecule has 79 heavy (non-hydrogen) atoms. The Kier molecular flexibility index (Phi) is 65.6. The molecule has 0 bridgehead atoms. The molecule has 0 aliphatic heterocycles. The predicted octanol–water partition coefficient (Wildman–Crippen LogP) is 24.1. The molecule has 6 nitrogen and oxygen atoms in total. The minimum atomic E-state index is -0.783. The van der Waals surface area contributed by atoms with E-state index in [9.17, 15) is 14.4 Å². The van der Waals surface area contributed by atoms with Gasteiger partial charge in [-0.3, -0.25) is 14.4 Å². The highest BCUT2D eigenvalue weighted by molar-refractivity contribution is 5.71. The van der Waals surface area contributed by atoms with Crippen molar-refractivity contribution < 1.29 is 28.6 Å². The first-order valence-electron chi connectivity index (χ1n) is 35.1. The van der Waals surface area contributed by atoms with Gasteiger partial charge in [0.15, 0.2) is 6.10 Å². The lowest BCUT2D eigenvalue weighted by Gasteiger charge is -2.18. The third-order valence-corrected chi connectivity index (χ3v) is 15.8. The van der Waals surface area contributed by atoms with Crippen LogP contribution >= 0.6 is 0 Å². The van der Waals surface area contributed by atoms with Gasteiger partial charge in [0.25, 0.3) is 0 Å². The van der Waals surface area contributed by atoms with Crippen LogP contribution in [0.3, 0.4) is 0 Å². The first-order valence-corrected chi connectivity index (χ1v) is 35.1. The van der Waals surface area contributed by atoms with E-state index < -0.39 is 6.10 Å². The van der Waals surface area contributed by atoms with Crippen LogP contribution in [-0.2, 0) is 28.6 Å². The summed E-state index contributed by atoms with van der Waals surface area (Å²) in [5.41, 5.74) is 0. The Bertz CT molecular complexity index is 1360. The van der Waals surface area contributed by atoms with Gasteiger partial charge in [-0.15, -0.1) is 0 Å². The fraction of sp³-hybridized carbons (Fsp3) is 0.849. The maximum atomic E-state index is 12.9. The molecule has 1 atom stereocenters. The number of unbranched alkanes of at least 4 members (excludes halogenated alkanes) is 46. The fourth-order valence-electron chi connectivity index (χ4n) is 10.5. The van der Waals surface area contributed by atoms with Gasteiger partial charge in [-0.25, -0.2) is 0 Å². The number of carbonyl (C=O) groups is 3. The van der Waals surface area contributed by atoms with Gasteiger partial charge < -0.3 is 14.2 Å². The van der Waals surface area contributed by atoms with Crippen LogP contribution in [0.5, 0.6) is 0 Å². The van der Waals surface area contributed by atoms with E-state index in [-0.39, 0.29) is 31.1 Å². The van der Waals surface area contributed by atoms with Crippen LogP contribution in [0.4, 0.5) is 0 Å². The summed E-state index contributed by atoms with van der Waals surface area (Å²) in [4.78, 5) is 38.3. The molecular weight excluding hydrogens is 973 g/mol. The summed E-state index contributed by atoms with van der Waals surface area (Å²) in [5, 5.41) is 0. The molecule has 0 aliphatic rings. The van der Waals surface area contributed by atoms with Crippen LogP contribution in [0.2, 0.25) is 0 Å². The van der Waals surface area contributed by atoms with Crippen LogP contribution in [0.15, 0.2) is 48.6 Å². The summed E-state index contributed by atoms with van der Waals surface area (Å²) in [6.07, 6.45) is 85.8. The van der Waals surface area contributed by atoms with E-state index in [2.05, 4.69) is 69.4 Å². The molecule has 0 fully saturated rings. The molecule has 0 aromatic heterocycles. The van der Waals surface area contributed by atoms with Gasteiger partial charge >= 0.3 is 17.9 Å². The van der Waals surface area contributed by atoms with Gasteiger partial charge in [-0.05, 0) is 77.0 Å². The van der Waals surface area contributed by atoms with E-state index in [4.69, 9.17) is 14.2 Å². The van der Waals surface area contributed by atoms with Crippen LogP contribution in [0.25, 0.3) is 0 Å². The second kappa shape index (κ2) is 67.9. The van der Waals surface area contributed by atoms with E-state index >= 15 is 0 Å². The lowest BCUT2D eigenvalue weighted by molar-refractivity contribution is -0.167. The molecule has 0 aromatic rings. The van der Waals surface area contributed by atoms with E-state index in [1.54, 1.807) is 0 Å². The van der Waals surface area contributed by atoms with Crippen molar-refractivity contribution in [2.45, 2.75) is 386 Å². The summed E-state index contributed by atoms with van der Waals surface area (Å²) in [5.74, 6) is -0.879. The number of hydrogen-bond donors (Lipinski definition) is 0. The zero-order chi connectivity index (χ0) is 57.1. The Morgan fingerprint density at radius 3 is 0.759 bits per heavy atom. The van der Waals surface area contributed by atoms with Crippen LogP contribution in [-0.4, -0.2) is 37.2 Å². The van der Waals surface area contributed by atoms with Gasteiger partial charge in [-0.2, -0.15) is 0 Å². The Labute approximate surface area is 492 Å². The SMILES string of the molecule is CCCC/C=C\CCCCCCCC(=O)OCC(COC(=O)CCCCCCCCCCCCCCCCCCCCCCCCCCCCCCC)OC(=O)CCCCCCCC/C=C\C/C=C\C/C=C\CCCCCCC. The molecule has 462 valence electrons. The summed E-state index contributed by atoms with van der Waals surface area (Å²) >= 11 is 0. The van der Waals surface area contributed by atoms with Crippen molar-refractivity contribution in [2.24, 2.45) is 0 Å². The molecule has 1 unspecified atom stereocenters. The number of carbonyl (C=O) groups excluding carboxylic acids is 3. The van der Waals surface area contributed by atoms with Gasteiger partial charge in [0.05, 0.1) is 0 Å². The summed E-state index contributed by atoms with van der Waals surface area (Å²) in [7, 11) is 0. The Balaban J connectivity index is 4.17. The average molecular weight is 1110 g/mol. The van der Waals surface area contributed by atoms with Gasteiger partial charge in [0.2, 0.25) is 0 Å². The molecule has 0 saturated carbocycles. The predicted molar refractivity (Wildman–Crippen MR) is 344 cm³/mol. The molecule has 0 N–H and O–H groups in total. The highest BCUT2D eigenvalue weighted by Crippen LogP contribution is 2.18. The Morgan fingerprint density at radius 2 is 0.468 bits per heavy atom. The van der Waals surface area contributed by atoms with Gasteiger partial charge in [-0.1, -0.05) is 333 Å². The minimum Gasteiger partial charge on any atom is -0.462 e. The van der Waals surface area contributed by atoms with E-state index in [0.29, 0.717) is 19.3 Å². The van der Waals surface area contributed by atoms with Gasteiger partial charge in [0.1, 0.15) is 13.2 Å². The van der Waals surface area contributed by atoms with Crippen LogP contribution in [0, 0.1) is 0 Å². The Morgan fingerprint density at radius 1 is 0.253 bits per heavy atom. The van der Waals surface area contributed by atoms with Crippen molar-refractivity contribution in [3.05, 3.63) is 48.6 Å². The summed E-state index contributed by atoms with van der Waals surface area (Å²) < 4.78 is 16.9. The standard InChI is InChI=1S/C73H134O6/c1-4-7-10-13-16-19-22-24-26-28-30-32-33-34-35-36-37-38-39-41-42-44-46-48-51-54-57-60-63-66-72(75)78-69-70(68-77-71(74)65-62-59-56-53-50-21-18-15-12-9-6-3)79-73(76)67-64-61-58-55-52-49-47-45-43-40-31-29-27-25-23-20-17-14-11-8-5-2/h15,18,23,25,29,31,43,45,70H,4-14,16-17,19-22,24,26-28,30,32-42,44,46-69H2,1-3H3/b18-15-,25-23-,31-29-,45-43-. The second-order valence-corrected chi connectivity index (χ2v) is 23.8. The minimum absolute atomic E-state index is 0.0777. The van der Waals surface area contributed by atoms with E-state index in [1.807, 2.05) is 0 Å². The molecule has 0 saturated heterocycles.